The summed E-state index contributed by atoms with van der Waals surface area (Å²) >= 11 is 0. The van der Waals surface area contributed by atoms with E-state index in [1.54, 1.807) is 0 Å². The van der Waals surface area contributed by atoms with E-state index in [-0.39, 0.29) is 0 Å². The zero-order valence-electron chi connectivity index (χ0n) is 10.9. The maximum absolute atomic E-state index is 11.4. The molecule has 1 heterocycles. The van der Waals surface area contributed by atoms with E-state index < -0.39 is 11.9 Å². The van der Waals surface area contributed by atoms with Gasteiger partial charge in [0.2, 0.25) is 0 Å². The van der Waals surface area contributed by atoms with Crippen molar-refractivity contribution in [2.24, 2.45) is 0 Å². The van der Waals surface area contributed by atoms with E-state index >= 15 is 0 Å². The lowest BCUT2D eigenvalue weighted by Gasteiger charge is -2.29. The molecule has 0 bridgehead atoms. The zero-order valence-corrected chi connectivity index (χ0v) is 10.9. The molecule has 0 saturated carbocycles. The molecule has 98 valence electrons. The first-order valence-corrected chi connectivity index (χ1v) is 6.68. The molecule has 0 spiro atoms. The Bertz CT molecular complexity index is 393. The highest BCUT2D eigenvalue weighted by Crippen LogP contribution is 2.20. The van der Waals surface area contributed by atoms with Crippen LogP contribution in [0.2, 0.25) is 0 Å². The molecule has 1 fully saturated rings. The van der Waals surface area contributed by atoms with Crippen LogP contribution in [0.15, 0.2) is 24.3 Å². The van der Waals surface area contributed by atoms with E-state index in [1.165, 1.54) is 24.8 Å². The van der Waals surface area contributed by atoms with Crippen LogP contribution in [0.4, 0.5) is 0 Å². The Morgan fingerprint density at radius 3 is 2.39 bits per heavy atom. The monoisotopic (exact) mass is 247 g/mol. The smallest absolute Gasteiger partial charge is 0.312 e. The number of likely N-dealkylation sites (tertiary alicyclic amines) is 1. The Kier molecular flexibility index (Phi) is 4.37. The molecule has 3 nitrogen and oxygen atoms in total. The lowest BCUT2D eigenvalue weighted by molar-refractivity contribution is -0.139. The number of piperidine rings is 1. The van der Waals surface area contributed by atoms with Crippen molar-refractivity contribution in [1.29, 1.82) is 0 Å². The van der Waals surface area contributed by atoms with Crippen molar-refractivity contribution in [1.82, 2.24) is 4.90 Å². The molecule has 1 aliphatic heterocycles. The van der Waals surface area contributed by atoms with Crippen LogP contribution in [0.1, 0.15) is 36.3 Å². The van der Waals surface area contributed by atoms with Crippen molar-refractivity contribution in [3.63, 3.8) is 0 Å². The van der Waals surface area contributed by atoms with Crippen LogP contribution >= 0.6 is 0 Å². The number of aryl methyl sites for hydroxylation is 1. The van der Waals surface area contributed by atoms with Crippen LogP contribution < -0.4 is 0 Å². The predicted octanol–water partition coefficient (Wildman–Crippen LogP) is 2.65. The number of nitrogens with zero attached hydrogens (tertiary/aromatic N) is 1. The predicted molar refractivity (Wildman–Crippen MR) is 71.8 cm³/mol. The summed E-state index contributed by atoms with van der Waals surface area (Å²) in [6, 6.07) is 7.86. The average Bonchev–Trinajstić information content (AvgIpc) is 2.38. The van der Waals surface area contributed by atoms with E-state index in [0.717, 1.165) is 18.7 Å². The number of carbonyl (C=O) groups is 1. The molecular formula is C15H21NO2. The Balaban J connectivity index is 2.07. The third-order valence-corrected chi connectivity index (χ3v) is 3.67. The van der Waals surface area contributed by atoms with Crippen LogP contribution in [0.5, 0.6) is 0 Å². The molecule has 1 N–H and O–H groups in total. The molecule has 0 radical (unpaired) electrons. The van der Waals surface area contributed by atoms with Crippen molar-refractivity contribution >= 4 is 5.97 Å². The van der Waals surface area contributed by atoms with Gasteiger partial charge in [0, 0.05) is 6.54 Å². The number of benzene rings is 1. The maximum atomic E-state index is 11.4. The number of aliphatic carboxylic acids is 1. The van der Waals surface area contributed by atoms with Crippen LogP contribution in [-0.4, -0.2) is 35.6 Å². The molecule has 1 saturated heterocycles. The normalized spacial score (nSPS) is 18.5. The molecule has 18 heavy (non-hydrogen) atoms. The van der Waals surface area contributed by atoms with Gasteiger partial charge in [-0.2, -0.15) is 0 Å². The highest BCUT2D eigenvalue weighted by molar-refractivity contribution is 5.76. The fourth-order valence-corrected chi connectivity index (χ4v) is 2.53. The zero-order chi connectivity index (χ0) is 13.0. The average molecular weight is 247 g/mol. The molecule has 0 aromatic heterocycles. The lowest BCUT2D eigenvalue weighted by Crippen LogP contribution is -2.35. The Labute approximate surface area is 108 Å². The molecule has 0 aliphatic carbocycles. The standard InChI is InChI=1S/C15H21NO2/c1-12-5-7-13(8-6-12)14(15(17)18)11-16-9-3-2-4-10-16/h5-8,14H,2-4,9-11H2,1H3,(H,17,18). The summed E-state index contributed by atoms with van der Waals surface area (Å²) in [5, 5.41) is 9.40. The first-order valence-electron chi connectivity index (χ1n) is 6.68. The quantitative estimate of drug-likeness (QED) is 0.889. The Morgan fingerprint density at radius 2 is 1.83 bits per heavy atom. The van der Waals surface area contributed by atoms with Gasteiger partial charge < -0.3 is 10.0 Å². The van der Waals surface area contributed by atoms with Crippen LogP contribution in [-0.2, 0) is 4.79 Å². The molecule has 1 aromatic carbocycles. The Morgan fingerprint density at radius 1 is 1.22 bits per heavy atom. The summed E-state index contributed by atoms with van der Waals surface area (Å²) in [5.74, 6) is -1.12. The molecule has 2 rings (SSSR count). The number of hydrogen-bond donors (Lipinski definition) is 1. The minimum absolute atomic E-state index is 0.399. The lowest BCUT2D eigenvalue weighted by atomic mass is 9.96. The van der Waals surface area contributed by atoms with Crippen LogP contribution in [0.25, 0.3) is 0 Å². The van der Waals surface area contributed by atoms with Gasteiger partial charge >= 0.3 is 5.97 Å². The number of carboxylic acid groups (broad SMARTS) is 1. The van der Waals surface area contributed by atoms with Crippen LogP contribution in [0.3, 0.4) is 0 Å². The molecule has 1 aliphatic rings. The van der Waals surface area contributed by atoms with Crippen molar-refractivity contribution in [2.75, 3.05) is 19.6 Å². The fraction of sp³-hybridized carbons (Fsp3) is 0.533. The highest BCUT2D eigenvalue weighted by Gasteiger charge is 2.23. The van der Waals surface area contributed by atoms with Crippen molar-refractivity contribution < 1.29 is 9.90 Å². The third-order valence-electron chi connectivity index (χ3n) is 3.67. The van der Waals surface area contributed by atoms with Gasteiger partial charge in [0.1, 0.15) is 0 Å². The van der Waals surface area contributed by atoms with E-state index in [2.05, 4.69) is 4.90 Å². The summed E-state index contributed by atoms with van der Waals surface area (Å²) in [6.45, 7) is 4.73. The summed E-state index contributed by atoms with van der Waals surface area (Å²) in [7, 11) is 0. The second-order valence-electron chi connectivity index (χ2n) is 5.16. The van der Waals surface area contributed by atoms with E-state index in [9.17, 15) is 9.90 Å². The summed E-state index contributed by atoms with van der Waals surface area (Å²) in [6.07, 6.45) is 3.67. The van der Waals surface area contributed by atoms with Gasteiger partial charge in [0.05, 0.1) is 5.92 Å². The molecule has 1 atom stereocenters. The van der Waals surface area contributed by atoms with Gasteiger partial charge in [0.15, 0.2) is 0 Å². The molecule has 0 amide bonds. The minimum atomic E-state index is -0.718. The highest BCUT2D eigenvalue weighted by atomic mass is 16.4. The first kappa shape index (κ1) is 13.1. The van der Waals surface area contributed by atoms with E-state index in [0.29, 0.717) is 6.54 Å². The number of rotatable bonds is 4. The molecule has 1 aromatic rings. The molecular weight excluding hydrogens is 226 g/mol. The maximum Gasteiger partial charge on any atom is 0.312 e. The van der Waals surface area contributed by atoms with Crippen molar-refractivity contribution in [3.05, 3.63) is 35.4 Å². The van der Waals surface area contributed by atoms with Gasteiger partial charge in [-0.05, 0) is 38.4 Å². The van der Waals surface area contributed by atoms with Gasteiger partial charge in [-0.3, -0.25) is 4.79 Å². The van der Waals surface area contributed by atoms with E-state index in [4.69, 9.17) is 0 Å². The second-order valence-corrected chi connectivity index (χ2v) is 5.16. The summed E-state index contributed by atoms with van der Waals surface area (Å²) in [5.41, 5.74) is 2.08. The topological polar surface area (TPSA) is 40.5 Å². The Hall–Kier alpha value is -1.35. The first-order chi connectivity index (χ1) is 8.66. The van der Waals surface area contributed by atoms with Crippen molar-refractivity contribution in [3.8, 4) is 0 Å². The number of hydrogen-bond acceptors (Lipinski definition) is 2. The van der Waals surface area contributed by atoms with E-state index in [1.807, 2.05) is 31.2 Å². The van der Waals surface area contributed by atoms with Gasteiger partial charge in [-0.1, -0.05) is 36.2 Å². The molecule has 3 heteroatoms. The SMILES string of the molecule is Cc1ccc(C(CN2CCCCC2)C(=O)O)cc1. The summed E-state index contributed by atoms with van der Waals surface area (Å²) < 4.78 is 0. The summed E-state index contributed by atoms with van der Waals surface area (Å²) in [4.78, 5) is 13.7. The minimum Gasteiger partial charge on any atom is -0.481 e. The number of carboxylic acids is 1. The van der Waals surface area contributed by atoms with Gasteiger partial charge in [-0.25, -0.2) is 0 Å². The fourth-order valence-electron chi connectivity index (χ4n) is 2.53. The van der Waals surface area contributed by atoms with Gasteiger partial charge in [0.25, 0.3) is 0 Å². The molecule has 1 unspecified atom stereocenters. The van der Waals surface area contributed by atoms with Crippen molar-refractivity contribution in [2.45, 2.75) is 32.1 Å². The largest absolute Gasteiger partial charge is 0.481 e. The van der Waals surface area contributed by atoms with Gasteiger partial charge in [-0.15, -0.1) is 0 Å². The third kappa shape index (κ3) is 3.33. The second kappa shape index (κ2) is 6.01. The van der Waals surface area contributed by atoms with Crippen LogP contribution in [0, 0.1) is 6.92 Å².